The topological polar surface area (TPSA) is 39.7 Å². The Hall–Kier alpha value is -6.01. The molecule has 5 aromatic carbocycles. The molecule has 0 spiro atoms. The average molecular weight is 556 g/mol. The van der Waals surface area contributed by atoms with Gasteiger partial charge in [0.1, 0.15) is 34.2 Å². The van der Waals surface area contributed by atoms with Crippen LogP contribution >= 0.6 is 0 Å². The molecule has 0 fully saturated rings. The van der Waals surface area contributed by atoms with Gasteiger partial charge >= 0.3 is 0 Å². The molecule has 0 atom stereocenters. The fraction of sp³-hybridized carbons (Fsp3) is 0. The molecule has 0 unspecified atom stereocenters. The Morgan fingerprint density at radius 2 is 1.09 bits per heavy atom. The zero-order chi connectivity index (χ0) is 28.3. The van der Waals surface area contributed by atoms with Gasteiger partial charge in [0.05, 0.1) is 0 Å². The lowest BCUT2D eigenvalue weighted by Crippen LogP contribution is -2.32. The van der Waals surface area contributed by atoms with Crippen molar-refractivity contribution in [3.05, 3.63) is 152 Å². The number of para-hydroxylation sites is 4. The van der Waals surface area contributed by atoms with E-state index in [1.165, 1.54) is 0 Å². The van der Waals surface area contributed by atoms with Gasteiger partial charge in [0.25, 0.3) is 18.3 Å². The largest absolute Gasteiger partial charge is 0.457 e. The van der Waals surface area contributed by atoms with Crippen molar-refractivity contribution < 1.29 is 13.9 Å². The number of imidazole rings is 2. The molecule has 0 amide bonds. The molecule has 9 rings (SSSR count). The zero-order valence-electron chi connectivity index (χ0n) is 23.1. The van der Waals surface area contributed by atoms with E-state index < -0.39 is 0 Å². The molecule has 0 radical (unpaired) electrons. The molecule has 1 aliphatic heterocycles. The highest BCUT2D eigenvalue weighted by Gasteiger charge is 2.26. The minimum atomic E-state index is 0.753. The molecule has 0 saturated carbocycles. The third kappa shape index (κ3) is 3.70. The Morgan fingerprint density at radius 1 is 0.512 bits per heavy atom. The van der Waals surface area contributed by atoms with Gasteiger partial charge in [-0.15, -0.1) is 0 Å². The summed E-state index contributed by atoms with van der Waals surface area (Å²) >= 11 is 0. The summed E-state index contributed by atoms with van der Waals surface area (Å²) in [6.07, 6.45) is 6.14. The number of hydrogen-bond acceptors (Lipinski definition) is 2. The van der Waals surface area contributed by atoms with Crippen molar-refractivity contribution in [2.24, 2.45) is 0 Å². The fourth-order valence-electron chi connectivity index (χ4n) is 6.24. The van der Waals surface area contributed by atoms with Crippen LogP contribution in [0.15, 0.2) is 152 Å². The van der Waals surface area contributed by atoms with Crippen molar-refractivity contribution in [3.8, 4) is 45.4 Å². The van der Waals surface area contributed by atoms with E-state index in [1.807, 2.05) is 36.5 Å². The lowest BCUT2D eigenvalue weighted by molar-refractivity contribution is -0.569. The van der Waals surface area contributed by atoms with E-state index in [1.54, 1.807) is 0 Å². The van der Waals surface area contributed by atoms with Crippen LogP contribution in [0.25, 0.3) is 56.1 Å². The first-order chi connectivity index (χ1) is 21.3. The molecule has 3 aromatic heterocycles. The van der Waals surface area contributed by atoms with E-state index in [9.17, 15) is 0 Å². The molecule has 6 nitrogen and oxygen atoms in total. The summed E-state index contributed by atoms with van der Waals surface area (Å²) in [4.78, 5) is 4.81. The first-order valence-electron chi connectivity index (χ1n) is 14.3. The van der Waals surface area contributed by atoms with Crippen LogP contribution in [0, 0.1) is 0 Å². The van der Waals surface area contributed by atoms with Gasteiger partial charge < -0.3 is 4.74 Å². The first kappa shape index (κ1) is 23.7. The summed E-state index contributed by atoms with van der Waals surface area (Å²) in [5.74, 6) is 1.52. The van der Waals surface area contributed by atoms with Crippen molar-refractivity contribution in [3.63, 3.8) is 0 Å². The van der Waals surface area contributed by atoms with E-state index in [0.29, 0.717) is 0 Å². The van der Waals surface area contributed by atoms with Gasteiger partial charge in [-0.1, -0.05) is 48.5 Å². The second-order valence-electron chi connectivity index (χ2n) is 10.7. The second-order valence-corrected chi connectivity index (χ2v) is 10.7. The highest BCUT2D eigenvalue weighted by molar-refractivity contribution is 5.80. The fourth-order valence-corrected chi connectivity index (χ4v) is 6.24. The lowest BCUT2D eigenvalue weighted by atomic mass is 10.0. The van der Waals surface area contributed by atoms with Gasteiger partial charge in [0, 0.05) is 29.5 Å². The van der Waals surface area contributed by atoms with Crippen LogP contribution in [0.5, 0.6) is 11.5 Å². The Kier molecular flexibility index (Phi) is 5.10. The highest BCUT2D eigenvalue weighted by atomic mass is 16.5. The molecule has 0 aliphatic carbocycles. The van der Waals surface area contributed by atoms with Gasteiger partial charge in [0.2, 0.25) is 0 Å². The SMILES string of the molecule is c1cc2cc(c1)-n1c[n+](c3ccccc31)-c1ccccc1-c1ccccc1-[n+]1cn(c3ncccc31)-c1cccc(c1)O2. The minimum absolute atomic E-state index is 0.753. The quantitative estimate of drug-likeness (QED) is 0.184. The number of benzene rings is 5. The van der Waals surface area contributed by atoms with Crippen LogP contribution in [0.3, 0.4) is 0 Å². The van der Waals surface area contributed by atoms with Crippen LogP contribution in [0.1, 0.15) is 0 Å². The summed E-state index contributed by atoms with van der Waals surface area (Å²) in [6, 6.07) is 46.2. The maximum Gasteiger partial charge on any atom is 0.274 e. The number of rotatable bonds is 0. The van der Waals surface area contributed by atoms with E-state index in [4.69, 9.17) is 9.72 Å². The van der Waals surface area contributed by atoms with Crippen LogP contribution < -0.4 is 13.9 Å². The third-order valence-electron chi connectivity index (χ3n) is 8.16. The van der Waals surface area contributed by atoms with E-state index in [-0.39, 0.29) is 0 Å². The average Bonchev–Trinajstić information content (AvgIpc) is 3.64. The summed E-state index contributed by atoms with van der Waals surface area (Å²) in [5, 5.41) is 0. The number of hydrogen-bond donors (Lipinski definition) is 0. The van der Waals surface area contributed by atoms with Crippen molar-refractivity contribution in [2.45, 2.75) is 0 Å². The van der Waals surface area contributed by atoms with Crippen LogP contribution in [-0.4, -0.2) is 14.1 Å². The monoisotopic (exact) mass is 555 g/mol. The molecular weight excluding hydrogens is 530 g/mol. The summed E-state index contributed by atoms with van der Waals surface area (Å²) in [5.41, 5.74) is 10.5. The van der Waals surface area contributed by atoms with Crippen molar-refractivity contribution in [1.82, 2.24) is 14.1 Å². The molecule has 4 heterocycles. The van der Waals surface area contributed by atoms with Gasteiger partial charge in [-0.3, -0.25) is 0 Å². The number of ether oxygens (including phenoxy) is 1. The predicted octanol–water partition coefficient (Wildman–Crippen LogP) is 7.30. The Bertz CT molecular complexity index is 2180. The minimum Gasteiger partial charge on any atom is -0.457 e. The number of pyridine rings is 1. The predicted molar refractivity (Wildman–Crippen MR) is 166 cm³/mol. The van der Waals surface area contributed by atoms with Crippen LogP contribution in [-0.2, 0) is 0 Å². The first-order valence-corrected chi connectivity index (χ1v) is 14.3. The maximum atomic E-state index is 6.46. The Morgan fingerprint density at radius 3 is 1.84 bits per heavy atom. The van der Waals surface area contributed by atoms with Gasteiger partial charge in [-0.25, -0.2) is 4.98 Å². The standard InChI is InChI=1S/C37H25N5O/c1-3-16-32-30(14-1)31-15-2-4-17-33(31)42-25-40(37-36(42)20-9-21-38-37)27-11-8-13-29(23-27)43-28-12-7-10-26(22-28)39-24-41(32)35-19-6-5-18-34(35)39/h1-25H/q+2. The van der Waals surface area contributed by atoms with Gasteiger partial charge in [0.15, 0.2) is 16.6 Å². The molecule has 1 aliphatic rings. The molecule has 8 aromatic rings. The number of fused-ring (bicyclic) bond motifs is 21. The lowest BCUT2D eigenvalue weighted by Gasteiger charge is -2.10. The normalized spacial score (nSPS) is 11.9. The molecule has 6 heteroatoms. The molecular formula is C37H25N5O+2. The highest BCUT2D eigenvalue weighted by Crippen LogP contribution is 2.32. The second kappa shape index (κ2) is 9.26. The van der Waals surface area contributed by atoms with E-state index >= 15 is 0 Å². The van der Waals surface area contributed by atoms with Crippen molar-refractivity contribution in [2.75, 3.05) is 0 Å². The molecule has 43 heavy (non-hydrogen) atoms. The van der Waals surface area contributed by atoms with Gasteiger partial charge in [-0.2, -0.15) is 18.3 Å². The molecule has 202 valence electrons. The Labute approximate surface area is 247 Å². The van der Waals surface area contributed by atoms with Crippen molar-refractivity contribution >= 4 is 22.2 Å². The van der Waals surface area contributed by atoms with E-state index in [2.05, 4.69) is 134 Å². The van der Waals surface area contributed by atoms with E-state index in [0.717, 1.165) is 67.6 Å². The maximum absolute atomic E-state index is 6.46. The third-order valence-corrected chi connectivity index (χ3v) is 8.16. The summed E-state index contributed by atoms with van der Waals surface area (Å²) in [6.45, 7) is 0. The van der Waals surface area contributed by atoms with Gasteiger partial charge in [-0.05, 0) is 72.8 Å². The van der Waals surface area contributed by atoms with Crippen LogP contribution in [0.2, 0.25) is 0 Å². The van der Waals surface area contributed by atoms with Crippen molar-refractivity contribution in [1.29, 1.82) is 0 Å². The summed E-state index contributed by atoms with van der Waals surface area (Å²) < 4.78 is 15.3. The molecule has 0 saturated heterocycles. The van der Waals surface area contributed by atoms with Crippen LogP contribution in [0.4, 0.5) is 0 Å². The smallest absolute Gasteiger partial charge is 0.274 e. The number of aromatic nitrogens is 5. The summed E-state index contributed by atoms with van der Waals surface area (Å²) in [7, 11) is 0. The zero-order valence-corrected chi connectivity index (χ0v) is 23.1. The Balaban J connectivity index is 1.42. The molecule has 8 bridgehead atoms. The number of nitrogens with zero attached hydrogens (tertiary/aromatic N) is 5. The molecule has 0 N–H and O–H groups in total.